The molecule has 3 aromatic carbocycles. The van der Waals surface area contributed by atoms with E-state index in [-0.39, 0.29) is 11.7 Å². The summed E-state index contributed by atoms with van der Waals surface area (Å²) >= 11 is 6.22. The number of fused-ring (bicyclic) bond motifs is 1. The summed E-state index contributed by atoms with van der Waals surface area (Å²) in [7, 11) is 0. The summed E-state index contributed by atoms with van der Waals surface area (Å²) in [5.74, 6) is -0.415. The third-order valence-corrected chi connectivity index (χ3v) is 4.88. The van der Waals surface area contributed by atoms with Gasteiger partial charge in [-0.05, 0) is 37.3 Å². The summed E-state index contributed by atoms with van der Waals surface area (Å²) in [5.41, 5.74) is 3.92. The van der Waals surface area contributed by atoms with E-state index < -0.39 is 6.17 Å². The normalized spacial score (nSPS) is 15.6. The molecule has 0 aliphatic carbocycles. The first kappa shape index (κ1) is 18.9. The van der Waals surface area contributed by atoms with Crippen molar-refractivity contribution in [1.29, 1.82) is 0 Å². The Morgan fingerprint density at radius 3 is 2.52 bits per heavy atom. The molecule has 0 saturated heterocycles. The molecule has 0 radical (unpaired) electrons. The van der Waals surface area contributed by atoms with E-state index in [1.165, 1.54) is 6.92 Å². The van der Waals surface area contributed by atoms with Crippen molar-refractivity contribution in [3.05, 3.63) is 94.5 Å². The fourth-order valence-electron chi connectivity index (χ4n) is 3.27. The molecule has 0 spiro atoms. The van der Waals surface area contributed by atoms with Gasteiger partial charge in [-0.25, -0.2) is 4.99 Å². The number of ketones is 1. The molecule has 0 aromatic heterocycles. The Morgan fingerprint density at radius 2 is 1.76 bits per heavy atom. The molecular formula is C23H18ClN3O2. The number of nitrogens with zero attached hydrogens (tertiary/aromatic N) is 1. The van der Waals surface area contributed by atoms with Crippen molar-refractivity contribution in [2.45, 2.75) is 13.1 Å². The lowest BCUT2D eigenvalue weighted by Crippen LogP contribution is -2.33. The molecule has 1 aliphatic heterocycles. The lowest BCUT2D eigenvalue weighted by Gasteiger charge is -2.16. The van der Waals surface area contributed by atoms with Gasteiger partial charge in [-0.15, -0.1) is 0 Å². The molecule has 5 nitrogen and oxygen atoms in total. The highest BCUT2D eigenvalue weighted by atomic mass is 35.5. The molecule has 1 heterocycles. The monoisotopic (exact) mass is 403 g/mol. The Bertz CT molecular complexity index is 1130. The van der Waals surface area contributed by atoms with Crippen LogP contribution >= 0.6 is 11.6 Å². The lowest BCUT2D eigenvalue weighted by molar-refractivity contribution is -0.116. The zero-order valence-electron chi connectivity index (χ0n) is 15.6. The van der Waals surface area contributed by atoms with Crippen LogP contribution in [0.3, 0.4) is 0 Å². The van der Waals surface area contributed by atoms with E-state index in [0.717, 1.165) is 11.1 Å². The Kier molecular flexibility index (Phi) is 5.14. The number of para-hydroxylation sites is 1. The summed E-state index contributed by atoms with van der Waals surface area (Å²) < 4.78 is 0. The summed E-state index contributed by atoms with van der Waals surface area (Å²) in [5, 5.41) is 6.58. The van der Waals surface area contributed by atoms with E-state index in [9.17, 15) is 9.59 Å². The summed E-state index contributed by atoms with van der Waals surface area (Å²) in [6.07, 6.45) is -0.920. The number of benzene rings is 3. The Hall–Kier alpha value is -3.44. The standard InChI is InChI=1S/C23H18ClN3O2/c1-14(28)17-9-5-6-10-19(17)25-22-23(29)26-20-12-11-16(24)13-18(20)21(27-22)15-7-3-2-4-8-15/h2-13,22,25H,1H3,(H,26,29). The van der Waals surface area contributed by atoms with Crippen LogP contribution in [-0.2, 0) is 4.79 Å². The number of carbonyl (C=O) groups is 2. The molecular weight excluding hydrogens is 386 g/mol. The molecule has 3 aromatic rings. The minimum atomic E-state index is -0.920. The largest absolute Gasteiger partial charge is 0.355 e. The van der Waals surface area contributed by atoms with Gasteiger partial charge in [0.15, 0.2) is 11.9 Å². The number of rotatable bonds is 4. The molecule has 2 N–H and O–H groups in total. The Balaban J connectivity index is 1.83. The van der Waals surface area contributed by atoms with Crippen molar-refractivity contribution < 1.29 is 9.59 Å². The smallest absolute Gasteiger partial charge is 0.269 e. The van der Waals surface area contributed by atoms with Crippen molar-refractivity contribution in [2.24, 2.45) is 4.99 Å². The number of halogens is 1. The molecule has 1 unspecified atom stereocenters. The van der Waals surface area contributed by atoms with Gasteiger partial charge < -0.3 is 10.6 Å². The molecule has 144 valence electrons. The van der Waals surface area contributed by atoms with Crippen LogP contribution in [0.4, 0.5) is 11.4 Å². The van der Waals surface area contributed by atoms with Crippen LogP contribution in [0.15, 0.2) is 77.8 Å². The minimum absolute atomic E-state index is 0.0931. The fourth-order valence-corrected chi connectivity index (χ4v) is 3.44. The molecule has 29 heavy (non-hydrogen) atoms. The van der Waals surface area contributed by atoms with Crippen LogP contribution in [-0.4, -0.2) is 23.6 Å². The first-order chi connectivity index (χ1) is 14.0. The average molecular weight is 404 g/mol. The van der Waals surface area contributed by atoms with Gasteiger partial charge in [0.2, 0.25) is 0 Å². The van der Waals surface area contributed by atoms with Gasteiger partial charge in [0.05, 0.1) is 11.4 Å². The van der Waals surface area contributed by atoms with Crippen molar-refractivity contribution in [2.75, 3.05) is 10.6 Å². The maximum atomic E-state index is 12.9. The number of aliphatic imine (C=N–C) groups is 1. The van der Waals surface area contributed by atoms with Gasteiger partial charge in [-0.1, -0.05) is 54.1 Å². The van der Waals surface area contributed by atoms with E-state index in [1.807, 2.05) is 30.3 Å². The summed E-state index contributed by atoms with van der Waals surface area (Å²) in [4.78, 5) is 29.6. The first-order valence-electron chi connectivity index (χ1n) is 9.13. The van der Waals surface area contributed by atoms with E-state index in [4.69, 9.17) is 16.6 Å². The van der Waals surface area contributed by atoms with Crippen LogP contribution in [0, 0.1) is 0 Å². The number of nitrogens with one attached hydrogen (secondary N) is 2. The predicted molar refractivity (Wildman–Crippen MR) is 116 cm³/mol. The van der Waals surface area contributed by atoms with Crippen molar-refractivity contribution in [3.63, 3.8) is 0 Å². The molecule has 1 atom stereocenters. The highest BCUT2D eigenvalue weighted by Crippen LogP contribution is 2.28. The topological polar surface area (TPSA) is 70.6 Å². The Labute approximate surface area is 173 Å². The van der Waals surface area contributed by atoms with E-state index in [1.54, 1.807) is 42.5 Å². The third kappa shape index (κ3) is 3.91. The van der Waals surface area contributed by atoms with Crippen molar-refractivity contribution >= 4 is 40.4 Å². The first-order valence-corrected chi connectivity index (χ1v) is 9.51. The second-order valence-corrected chi connectivity index (χ2v) is 7.11. The van der Waals surface area contributed by atoms with Gasteiger partial charge in [0, 0.05) is 27.4 Å². The second-order valence-electron chi connectivity index (χ2n) is 6.67. The van der Waals surface area contributed by atoms with Gasteiger partial charge in [-0.3, -0.25) is 9.59 Å². The van der Waals surface area contributed by atoms with Gasteiger partial charge >= 0.3 is 0 Å². The van der Waals surface area contributed by atoms with E-state index >= 15 is 0 Å². The number of hydrogen-bond donors (Lipinski definition) is 2. The quantitative estimate of drug-likeness (QED) is 0.616. The minimum Gasteiger partial charge on any atom is -0.355 e. The number of benzodiazepines with no additional fused rings is 1. The number of anilines is 2. The van der Waals surface area contributed by atoms with E-state index in [0.29, 0.717) is 27.7 Å². The van der Waals surface area contributed by atoms with Crippen LogP contribution in [0.5, 0.6) is 0 Å². The third-order valence-electron chi connectivity index (χ3n) is 4.65. The number of hydrogen-bond acceptors (Lipinski definition) is 4. The SMILES string of the molecule is CC(=O)c1ccccc1NC1N=C(c2ccccc2)c2cc(Cl)ccc2NC1=O. The lowest BCUT2D eigenvalue weighted by atomic mass is 10.0. The average Bonchev–Trinajstić information content (AvgIpc) is 2.85. The molecule has 6 heteroatoms. The number of Topliss-reactive ketones (excluding diaryl/α,β-unsaturated/α-hetero) is 1. The molecule has 0 fully saturated rings. The molecule has 4 rings (SSSR count). The van der Waals surface area contributed by atoms with Gasteiger partial charge in [0.1, 0.15) is 0 Å². The zero-order chi connectivity index (χ0) is 20.4. The zero-order valence-corrected chi connectivity index (χ0v) is 16.4. The highest BCUT2D eigenvalue weighted by Gasteiger charge is 2.26. The maximum absolute atomic E-state index is 12.9. The molecule has 1 aliphatic rings. The second kappa shape index (κ2) is 7.89. The van der Waals surface area contributed by atoms with Crippen molar-refractivity contribution in [3.8, 4) is 0 Å². The van der Waals surface area contributed by atoms with Crippen LogP contribution in [0.25, 0.3) is 0 Å². The van der Waals surface area contributed by atoms with Crippen LogP contribution in [0.2, 0.25) is 5.02 Å². The summed E-state index contributed by atoms with van der Waals surface area (Å²) in [6.45, 7) is 1.49. The fraction of sp³-hybridized carbons (Fsp3) is 0.0870. The molecule has 0 saturated carbocycles. The summed E-state index contributed by atoms with van der Waals surface area (Å²) in [6, 6.07) is 21.9. The maximum Gasteiger partial charge on any atom is 0.269 e. The van der Waals surface area contributed by atoms with E-state index in [2.05, 4.69) is 10.6 Å². The van der Waals surface area contributed by atoms with Gasteiger partial charge in [0.25, 0.3) is 5.91 Å². The molecule has 0 bridgehead atoms. The van der Waals surface area contributed by atoms with Crippen molar-refractivity contribution in [1.82, 2.24) is 0 Å². The predicted octanol–water partition coefficient (Wildman–Crippen LogP) is 4.77. The number of amides is 1. The van der Waals surface area contributed by atoms with Crippen LogP contribution < -0.4 is 10.6 Å². The van der Waals surface area contributed by atoms with Crippen LogP contribution in [0.1, 0.15) is 28.4 Å². The Morgan fingerprint density at radius 1 is 1.03 bits per heavy atom. The highest BCUT2D eigenvalue weighted by molar-refractivity contribution is 6.32. The van der Waals surface area contributed by atoms with Gasteiger partial charge in [-0.2, -0.15) is 0 Å². The number of carbonyl (C=O) groups excluding carboxylic acids is 2. The molecule has 1 amide bonds.